The summed E-state index contributed by atoms with van der Waals surface area (Å²) in [6.07, 6.45) is 4.73. The van der Waals surface area contributed by atoms with Crippen LogP contribution >= 0.6 is 12.4 Å². The highest BCUT2D eigenvalue weighted by Crippen LogP contribution is 2.22. The van der Waals surface area contributed by atoms with Crippen LogP contribution in [0.5, 0.6) is 0 Å². The largest absolute Gasteiger partial charge is 0.469 e. The zero-order chi connectivity index (χ0) is 18.4. The van der Waals surface area contributed by atoms with Crippen LogP contribution in [0.25, 0.3) is 0 Å². The van der Waals surface area contributed by atoms with Gasteiger partial charge >= 0.3 is 5.97 Å². The van der Waals surface area contributed by atoms with Crippen molar-refractivity contribution in [1.82, 2.24) is 20.0 Å². The molecule has 0 aromatic rings. The minimum absolute atomic E-state index is 0. The summed E-state index contributed by atoms with van der Waals surface area (Å²) in [5.41, 5.74) is 0. The number of hydrogen-bond donors (Lipinski definition) is 1. The predicted molar refractivity (Wildman–Crippen MR) is 107 cm³/mol. The molecule has 0 saturated carbocycles. The molecule has 3 rings (SSSR count). The number of nitrogens with zero attached hydrogens (tertiary/aromatic N) is 3. The van der Waals surface area contributed by atoms with E-state index in [2.05, 4.69) is 20.0 Å². The van der Waals surface area contributed by atoms with E-state index < -0.39 is 0 Å². The lowest BCUT2D eigenvalue weighted by Crippen LogP contribution is -2.55. The number of methoxy groups -OCH3 is 1. The number of carbonyl (C=O) groups excluding carboxylic acids is 2. The monoisotopic (exact) mass is 402 g/mol. The highest BCUT2D eigenvalue weighted by molar-refractivity contribution is 5.85. The zero-order valence-corrected chi connectivity index (χ0v) is 17.3. The second-order valence-electron chi connectivity index (χ2n) is 7.78. The van der Waals surface area contributed by atoms with Gasteiger partial charge in [-0.1, -0.05) is 0 Å². The van der Waals surface area contributed by atoms with Crippen molar-refractivity contribution in [3.63, 3.8) is 0 Å². The molecule has 0 atom stereocenters. The van der Waals surface area contributed by atoms with Crippen LogP contribution in [-0.2, 0) is 14.3 Å². The van der Waals surface area contributed by atoms with Crippen LogP contribution in [0.1, 0.15) is 32.1 Å². The smallest absolute Gasteiger partial charge is 0.306 e. The molecule has 1 amide bonds. The Morgan fingerprint density at radius 1 is 0.963 bits per heavy atom. The fraction of sp³-hybridized carbons (Fsp3) is 0.895. The van der Waals surface area contributed by atoms with Gasteiger partial charge in [0.05, 0.1) is 13.5 Å². The van der Waals surface area contributed by atoms with Crippen LogP contribution in [0.3, 0.4) is 0 Å². The molecule has 0 unspecified atom stereocenters. The average molecular weight is 403 g/mol. The van der Waals surface area contributed by atoms with E-state index in [9.17, 15) is 9.59 Å². The first-order chi connectivity index (χ1) is 12.7. The predicted octanol–water partition coefficient (Wildman–Crippen LogP) is 0.580. The van der Waals surface area contributed by atoms with E-state index in [0.717, 1.165) is 71.7 Å². The molecule has 0 aliphatic carbocycles. The van der Waals surface area contributed by atoms with E-state index in [-0.39, 0.29) is 24.3 Å². The summed E-state index contributed by atoms with van der Waals surface area (Å²) >= 11 is 0. The number of piperazine rings is 1. The number of hydrogen-bond acceptors (Lipinski definition) is 6. The third-order valence-electron chi connectivity index (χ3n) is 6.25. The summed E-state index contributed by atoms with van der Waals surface area (Å²) in [4.78, 5) is 31.1. The minimum atomic E-state index is -0.158. The fourth-order valence-corrected chi connectivity index (χ4v) is 4.49. The average Bonchev–Trinajstić information content (AvgIpc) is 2.72. The number of esters is 1. The molecule has 0 bridgehead atoms. The van der Waals surface area contributed by atoms with Gasteiger partial charge in [-0.3, -0.25) is 14.5 Å². The number of rotatable bonds is 5. The van der Waals surface area contributed by atoms with Crippen molar-refractivity contribution >= 4 is 24.3 Å². The Labute approximate surface area is 169 Å². The molecule has 8 heteroatoms. The molecule has 0 radical (unpaired) electrons. The maximum Gasteiger partial charge on any atom is 0.306 e. The molecule has 3 aliphatic rings. The molecule has 1 N–H and O–H groups in total. The van der Waals surface area contributed by atoms with Crippen LogP contribution < -0.4 is 5.32 Å². The Kier molecular flexibility index (Phi) is 9.29. The Balaban J connectivity index is 0.00000261. The van der Waals surface area contributed by atoms with Gasteiger partial charge in [0.25, 0.3) is 0 Å². The topological polar surface area (TPSA) is 65.1 Å². The fourth-order valence-electron chi connectivity index (χ4n) is 4.49. The van der Waals surface area contributed by atoms with Crippen molar-refractivity contribution in [3.05, 3.63) is 0 Å². The van der Waals surface area contributed by atoms with Crippen molar-refractivity contribution in [3.8, 4) is 0 Å². The van der Waals surface area contributed by atoms with Gasteiger partial charge in [0, 0.05) is 44.7 Å². The van der Waals surface area contributed by atoms with Gasteiger partial charge in [-0.25, -0.2) is 0 Å². The summed E-state index contributed by atoms with van der Waals surface area (Å²) in [5, 5.41) is 3.42. The minimum Gasteiger partial charge on any atom is -0.469 e. The van der Waals surface area contributed by atoms with E-state index in [4.69, 9.17) is 4.74 Å². The van der Waals surface area contributed by atoms with Crippen LogP contribution in [0.15, 0.2) is 0 Å². The van der Waals surface area contributed by atoms with Gasteiger partial charge in [-0.05, 0) is 51.9 Å². The van der Waals surface area contributed by atoms with Crippen molar-refractivity contribution in [2.75, 3.05) is 66.0 Å². The van der Waals surface area contributed by atoms with E-state index in [0.29, 0.717) is 18.4 Å². The number of amides is 1. The highest BCUT2D eigenvalue weighted by Gasteiger charge is 2.32. The highest BCUT2D eigenvalue weighted by atomic mass is 35.5. The van der Waals surface area contributed by atoms with Gasteiger partial charge in [-0.2, -0.15) is 0 Å². The molecule has 3 aliphatic heterocycles. The molecule has 0 spiro atoms. The Morgan fingerprint density at radius 3 is 2.19 bits per heavy atom. The van der Waals surface area contributed by atoms with E-state index >= 15 is 0 Å². The maximum atomic E-state index is 12.9. The van der Waals surface area contributed by atoms with Crippen LogP contribution in [-0.4, -0.2) is 98.6 Å². The van der Waals surface area contributed by atoms with Crippen molar-refractivity contribution < 1.29 is 14.3 Å². The van der Waals surface area contributed by atoms with Crippen molar-refractivity contribution in [1.29, 1.82) is 0 Å². The molecular weight excluding hydrogens is 368 g/mol. The number of piperidine rings is 2. The van der Waals surface area contributed by atoms with E-state index in [1.54, 1.807) is 0 Å². The first-order valence-corrected chi connectivity index (χ1v) is 10.2. The van der Waals surface area contributed by atoms with E-state index in [1.807, 2.05) is 0 Å². The molecule has 3 fully saturated rings. The zero-order valence-electron chi connectivity index (χ0n) is 16.5. The number of ether oxygens (including phenoxy) is 1. The summed E-state index contributed by atoms with van der Waals surface area (Å²) in [5.74, 6) is 0.354. The Hall–Kier alpha value is -0.890. The molecule has 0 aromatic carbocycles. The van der Waals surface area contributed by atoms with Crippen LogP contribution in [0.2, 0.25) is 0 Å². The summed E-state index contributed by atoms with van der Waals surface area (Å²) in [6.45, 7) is 8.60. The number of carbonyl (C=O) groups is 2. The third kappa shape index (κ3) is 6.31. The second-order valence-corrected chi connectivity index (χ2v) is 7.78. The lowest BCUT2D eigenvalue weighted by Gasteiger charge is -2.42. The maximum absolute atomic E-state index is 12.9. The number of nitrogens with one attached hydrogen (secondary N) is 1. The molecular formula is C19H35ClN4O3. The Bertz CT molecular complexity index is 472. The van der Waals surface area contributed by atoms with Crippen LogP contribution in [0, 0.1) is 5.92 Å². The molecule has 27 heavy (non-hydrogen) atoms. The first-order valence-electron chi connectivity index (χ1n) is 10.2. The number of likely N-dealkylation sites (tertiary alicyclic amines) is 1. The molecule has 7 nitrogen and oxygen atoms in total. The summed E-state index contributed by atoms with van der Waals surface area (Å²) in [6, 6.07) is 0.701. The lowest BCUT2D eigenvalue weighted by molar-refractivity contribution is -0.142. The van der Waals surface area contributed by atoms with E-state index in [1.165, 1.54) is 20.0 Å². The second kappa shape index (κ2) is 11.2. The van der Waals surface area contributed by atoms with Crippen LogP contribution in [0.4, 0.5) is 0 Å². The molecule has 156 valence electrons. The number of halogens is 1. The van der Waals surface area contributed by atoms with Gasteiger partial charge in [0.15, 0.2) is 0 Å². The SMILES string of the molecule is COC(=O)CCN1CCC(C(=O)N2CCN(C3CCNCC3)CC2)CC1.Cl. The van der Waals surface area contributed by atoms with Gasteiger partial charge in [0.2, 0.25) is 5.91 Å². The van der Waals surface area contributed by atoms with Gasteiger partial charge in [-0.15, -0.1) is 12.4 Å². The molecule has 3 saturated heterocycles. The lowest BCUT2D eigenvalue weighted by atomic mass is 9.94. The van der Waals surface area contributed by atoms with Gasteiger partial charge in [0.1, 0.15) is 0 Å². The van der Waals surface area contributed by atoms with Crippen molar-refractivity contribution in [2.45, 2.75) is 38.1 Å². The normalized spacial score (nSPS) is 23.7. The first kappa shape index (κ1) is 22.4. The standard InChI is InChI=1S/C19H34N4O3.ClH/c1-26-18(24)6-11-21-9-4-16(5-10-21)19(25)23-14-12-22(13-15-23)17-2-7-20-8-3-17;/h16-17,20H,2-15H2,1H3;1H. The quantitative estimate of drug-likeness (QED) is 0.678. The molecule has 0 aromatic heterocycles. The Morgan fingerprint density at radius 2 is 1.59 bits per heavy atom. The summed E-state index contributed by atoms with van der Waals surface area (Å²) < 4.78 is 4.70. The van der Waals surface area contributed by atoms with Crippen molar-refractivity contribution in [2.24, 2.45) is 5.92 Å². The summed E-state index contributed by atoms with van der Waals surface area (Å²) in [7, 11) is 1.43. The molecule has 3 heterocycles. The third-order valence-corrected chi connectivity index (χ3v) is 6.25. The van der Waals surface area contributed by atoms with Gasteiger partial charge < -0.3 is 19.9 Å².